The number of aliphatic imine (C=N–C) groups is 1. The Bertz CT molecular complexity index is 1620. The normalized spacial score (nSPS) is 14.0. The average Bonchev–Trinajstić information content (AvgIpc) is 3.56. The number of rotatable bonds is 12. The molecule has 10 heteroatoms. The molecule has 1 fully saturated rings. The maximum atomic E-state index is 12.5. The third-order valence-electron chi connectivity index (χ3n) is 7.47. The minimum atomic E-state index is -0.759. The Labute approximate surface area is 256 Å². The summed E-state index contributed by atoms with van der Waals surface area (Å²) in [7, 11) is 3.27. The van der Waals surface area contributed by atoms with Gasteiger partial charge in [-0.05, 0) is 68.1 Å². The van der Waals surface area contributed by atoms with E-state index in [0.29, 0.717) is 34.7 Å². The van der Waals surface area contributed by atoms with Gasteiger partial charge in [0.15, 0.2) is 11.5 Å². The van der Waals surface area contributed by atoms with Gasteiger partial charge in [0.25, 0.3) is 5.91 Å². The topological polar surface area (TPSA) is 137 Å². The van der Waals surface area contributed by atoms with Gasteiger partial charge in [0.05, 0.1) is 24.9 Å². The molecule has 1 saturated carbocycles. The summed E-state index contributed by atoms with van der Waals surface area (Å²) in [5, 5.41) is 7.19. The number of esters is 1. The van der Waals surface area contributed by atoms with Crippen molar-refractivity contribution in [2.75, 3.05) is 31.4 Å². The number of nitrogens with one attached hydrogen (secondary N) is 2. The quantitative estimate of drug-likeness (QED) is 0.137. The molecule has 5 rings (SSSR count). The van der Waals surface area contributed by atoms with E-state index >= 15 is 0 Å². The first-order chi connectivity index (χ1) is 21.4. The molecular formula is C34H37N5O5. The average molecular weight is 596 g/mol. The van der Waals surface area contributed by atoms with E-state index in [4.69, 9.17) is 19.9 Å². The number of pyridine rings is 1. The van der Waals surface area contributed by atoms with E-state index in [9.17, 15) is 9.59 Å². The van der Waals surface area contributed by atoms with Crippen molar-refractivity contribution in [1.82, 2.24) is 4.98 Å². The van der Waals surface area contributed by atoms with Gasteiger partial charge in [0, 0.05) is 59.8 Å². The highest BCUT2D eigenvalue weighted by molar-refractivity contribution is 6.05. The predicted molar refractivity (Wildman–Crippen MR) is 172 cm³/mol. The van der Waals surface area contributed by atoms with E-state index in [1.165, 1.54) is 0 Å². The molecule has 1 aliphatic carbocycles. The zero-order valence-electron chi connectivity index (χ0n) is 24.9. The zero-order chi connectivity index (χ0) is 30.9. The lowest BCUT2D eigenvalue weighted by atomic mass is 10.1. The summed E-state index contributed by atoms with van der Waals surface area (Å²) in [5.74, 6) is 0.434. The molecule has 0 spiro atoms. The van der Waals surface area contributed by atoms with Crippen LogP contribution in [0.15, 0.2) is 77.9 Å². The third kappa shape index (κ3) is 7.51. The molecule has 0 bridgehead atoms. The summed E-state index contributed by atoms with van der Waals surface area (Å²) < 4.78 is 17.2. The van der Waals surface area contributed by atoms with Gasteiger partial charge in [-0.2, -0.15) is 0 Å². The van der Waals surface area contributed by atoms with Crippen molar-refractivity contribution < 1.29 is 23.8 Å². The highest BCUT2D eigenvalue weighted by Gasteiger charge is 2.23. The zero-order valence-corrected chi connectivity index (χ0v) is 24.9. The van der Waals surface area contributed by atoms with Crippen LogP contribution in [0.4, 0.5) is 17.1 Å². The Hall–Kier alpha value is -4.96. The molecule has 1 aliphatic rings. The molecule has 3 aromatic carbocycles. The number of carbonyl (C=O) groups excluding carboxylic acids is 2. The van der Waals surface area contributed by atoms with Crippen molar-refractivity contribution in [2.24, 2.45) is 10.7 Å². The number of aromatic nitrogens is 1. The lowest BCUT2D eigenvalue weighted by molar-refractivity contribution is -0.150. The van der Waals surface area contributed by atoms with Crippen molar-refractivity contribution in [3.05, 3.63) is 84.1 Å². The van der Waals surface area contributed by atoms with Crippen LogP contribution in [0.1, 0.15) is 48.0 Å². The molecular weight excluding hydrogens is 558 g/mol. The number of methoxy groups -OCH3 is 1. The number of hydrogen-bond donors (Lipinski definition) is 3. The molecule has 4 N–H and O–H groups in total. The molecule has 1 heterocycles. The van der Waals surface area contributed by atoms with Crippen LogP contribution in [0.5, 0.6) is 11.5 Å². The number of carbonyl (C=O) groups is 2. The Balaban J connectivity index is 1.31. The second-order valence-corrected chi connectivity index (χ2v) is 10.6. The van der Waals surface area contributed by atoms with Gasteiger partial charge in [0.2, 0.25) is 0 Å². The molecule has 4 aromatic rings. The summed E-state index contributed by atoms with van der Waals surface area (Å²) >= 11 is 0. The van der Waals surface area contributed by atoms with Gasteiger partial charge in [-0.3, -0.25) is 19.6 Å². The Morgan fingerprint density at radius 3 is 2.48 bits per heavy atom. The summed E-state index contributed by atoms with van der Waals surface area (Å²) in [6.07, 6.45) is 7.71. The smallest absolute Gasteiger partial charge is 0.323 e. The number of fused-ring (bicyclic) bond motifs is 1. The van der Waals surface area contributed by atoms with Gasteiger partial charge >= 0.3 is 5.97 Å². The van der Waals surface area contributed by atoms with Crippen LogP contribution < -0.4 is 25.8 Å². The summed E-state index contributed by atoms with van der Waals surface area (Å²) in [5.41, 5.74) is 10.4. The fourth-order valence-electron chi connectivity index (χ4n) is 5.11. The van der Waals surface area contributed by atoms with Gasteiger partial charge in [-0.1, -0.05) is 18.2 Å². The maximum absolute atomic E-state index is 12.5. The Kier molecular flexibility index (Phi) is 10.0. The molecule has 0 radical (unpaired) electrons. The second kappa shape index (κ2) is 14.5. The molecule has 0 saturated heterocycles. The number of anilines is 3. The van der Waals surface area contributed by atoms with E-state index in [1.54, 1.807) is 44.8 Å². The van der Waals surface area contributed by atoms with Gasteiger partial charge in [-0.25, -0.2) is 0 Å². The first kappa shape index (κ1) is 30.5. The van der Waals surface area contributed by atoms with E-state index in [0.717, 1.165) is 48.0 Å². The molecule has 1 atom stereocenters. The molecule has 10 nitrogen and oxygen atoms in total. The molecule has 1 aromatic heterocycles. The molecule has 1 amide bonds. The van der Waals surface area contributed by atoms with Crippen LogP contribution in [0.3, 0.4) is 0 Å². The van der Waals surface area contributed by atoms with Gasteiger partial charge in [0.1, 0.15) is 12.1 Å². The highest BCUT2D eigenvalue weighted by atomic mass is 16.5. The lowest BCUT2D eigenvalue weighted by Gasteiger charge is -2.18. The first-order valence-electron chi connectivity index (χ1n) is 14.7. The monoisotopic (exact) mass is 595 g/mol. The predicted octanol–water partition coefficient (Wildman–Crippen LogP) is 5.87. The second-order valence-electron chi connectivity index (χ2n) is 10.6. The van der Waals surface area contributed by atoms with Gasteiger partial charge in [-0.15, -0.1) is 0 Å². The SMILES string of the molecule is CN=Cc1cnc2cc(OCC[C@H](N)C(=O)OC3CCCC3)c(OC)cc2c1Nc1ccc(NC(=O)c2ccccc2)cc1. The number of ether oxygens (including phenoxy) is 3. The first-order valence-corrected chi connectivity index (χ1v) is 14.7. The van der Waals surface area contributed by atoms with Crippen LogP contribution in [0.2, 0.25) is 0 Å². The van der Waals surface area contributed by atoms with E-state index < -0.39 is 6.04 Å². The lowest BCUT2D eigenvalue weighted by Crippen LogP contribution is -2.35. The van der Waals surface area contributed by atoms with Crippen LogP contribution in [0.25, 0.3) is 10.9 Å². The summed E-state index contributed by atoms with van der Waals surface area (Å²) in [4.78, 5) is 33.7. The summed E-state index contributed by atoms with van der Waals surface area (Å²) in [6.45, 7) is 0.210. The van der Waals surface area contributed by atoms with Crippen molar-refractivity contribution in [2.45, 2.75) is 44.2 Å². The van der Waals surface area contributed by atoms with Crippen LogP contribution >= 0.6 is 0 Å². The highest BCUT2D eigenvalue weighted by Crippen LogP contribution is 2.37. The Morgan fingerprint density at radius 2 is 1.77 bits per heavy atom. The number of hydrogen-bond acceptors (Lipinski definition) is 9. The third-order valence-corrected chi connectivity index (χ3v) is 7.47. The fraction of sp³-hybridized carbons (Fsp3) is 0.294. The number of benzene rings is 3. The number of nitrogens with two attached hydrogens (primary N) is 1. The fourth-order valence-corrected chi connectivity index (χ4v) is 5.11. The molecule has 0 aliphatic heterocycles. The van der Waals surface area contributed by atoms with Gasteiger partial charge < -0.3 is 30.6 Å². The number of nitrogens with zero attached hydrogens (tertiary/aromatic N) is 2. The van der Waals surface area contributed by atoms with E-state index in [-0.39, 0.29) is 24.6 Å². The minimum Gasteiger partial charge on any atom is -0.493 e. The van der Waals surface area contributed by atoms with Crippen molar-refractivity contribution in [3.8, 4) is 11.5 Å². The van der Waals surface area contributed by atoms with E-state index in [1.807, 2.05) is 48.5 Å². The minimum absolute atomic E-state index is 0.0231. The molecule has 228 valence electrons. The Morgan fingerprint density at radius 1 is 1.05 bits per heavy atom. The maximum Gasteiger partial charge on any atom is 0.323 e. The summed E-state index contributed by atoms with van der Waals surface area (Å²) in [6, 6.07) is 19.4. The molecule has 0 unspecified atom stereocenters. The van der Waals surface area contributed by atoms with Crippen LogP contribution in [0, 0.1) is 0 Å². The van der Waals surface area contributed by atoms with Crippen LogP contribution in [-0.4, -0.2) is 56.0 Å². The van der Waals surface area contributed by atoms with E-state index in [2.05, 4.69) is 20.6 Å². The standard InChI is InChI=1S/C34H37N5O5/c1-36-20-23-21-37-29-19-31(43-17-16-28(35)34(41)44-26-10-6-7-11-26)30(42-2)18-27(29)32(23)38-24-12-14-25(15-13-24)39-33(40)22-8-4-3-5-9-22/h3-5,8-9,12-15,18-21,26,28H,6-7,10-11,16-17,35H2,1-2H3,(H,37,38)(H,39,40)/t28-/m0/s1. The van der Waals surface area contributed by atoms with Crippen LogP contribution in [-0.2, 0) is 9.53 Å². The van der Waals surface area contributed by atoms with Crippen molar-refractivity contribution >= 4 is 46.1 Å². The van der Waals surface area contributed by atoms with Crippen molar-refractivity contribution in [3.63, 3.8) is 0 Å². The van der Waals surface area contributed by atoms with Crippen molar-refractivity contribution in [1.29, 1.82) is 0 Å². The largest absolute Gasteiger partial charge is 0.493 e. The molecule has 44 heavy (non-hydrogen) atoms. The number of amides is 1.